The molecule has 0 aliphatic carbocycles. The molecule has 0 N–H and O–H groups in total. The molecule has 6 aromatic carbocycles. The summed E-state index contributed by atoms with van der Waals surface area (Å²) >= 11 is 0. The zero-order valence-corrected chi connectivity index (χ0v) is 24.3. The average Bonchev–Trinajstić information content (AvgIpc) is 3.03. The van der Waals surface area contributed by atoms with E-state index in [1.54, 1.807) is 72.8 Å². The van der Waals surface area contributed by atoms with E-state index in [-0.39, 0.29) is 17.2 Å². The number of hydrogen-bond donors (Lipinski definition) is 0. The maximum absolute atomic E-state index is 14.3. The maximum atomic E-state index is 14.3. The fourth-order valence-corrected chi connectivity index (χ4v) is 5.33. The lowest BCUT2D eigenvalue weighted by atomic mass is 10.3. The molecule has 7 nitrogen and oxygen atoms in total. The van der Waals surface area contributed by atoms with E-state index >= 15 is 0 Å². The van der Waals surface area contributed by atoms with Crippen LogP contribution in [0.4, 0.5) is 0 Å². The van der Waals surface area contributed by atoms with Crippen molar-refractivity contribution in [1.82, 2.24) is 0 Å². The summed E-state index contributed by atoms with van der Waals surface area (Å²) in [7, 11) is -4.36. The predicted octanol–water partition coefficient (Wildman–Crippen LogP) is 10.7. The van der Waals surface area contributed by atoms with Gasteiger partial charge in [-0.1, -0.05) is 72.8 Å². The Morgan fingerprint density at radius 1 is 0.295 bits per heavy atom. The van der Waals surface area contributed by atoms with Gasteiger partial charge in [0.05, 0.1) is 0 Å². The summed E-state index contributed by atoms with van der Waals surface area (Å²) in [6.07, 6.45) is 0. The molecule has 44 heavy (non-hydrogen) atoms. The van der Waals surface area contributed by atoms with E-state index in [4.69, 9.17) is 27.8 Å². The molecule has 0 amide bonds. The van der Waals surface area contributed by atoms with Crippen molar-refractivity contribution >= 4 is 7.82 Å². The van der Waals surface area contributed by atoms with Gasteiger partial charge in [0.15, 0.2) is 0 Å². The van der Waals surface area contributed by atoms with Crippen molar-refractivity contribution in [2.75, 3.05) is 0 Å². The molecular formula is C36H27O7P. The molecule has 0 spiro atoms. The van der Waals surface area contributed by atoms with Gasteiger partial charge >= 0.3 is 7.82 Å². The molecule has 218 valence electrons. The number of para-hydroxylation sites is 3. The van der Waals surface area contributed by atoms with Gasteiger partial charge in [-0.25, -0.2) is 0 Å². The maximum Gasteiger partial charge on any atom is 0.647 e. The highest BCUT2D eigenvalue weighted by Crippen LogP contribution is 2.51. The molecule has 0 bridgehead atoms. The molecule has 6 rings (SSSR count). The first kappa shape index (κ1) is 28.5. The van der Waals surface area contributed by atoms with Crippen LogP contribution in [-0.2, 0) is 4.57 Å². The molecule has 0 heterocycles. The van der Waals surface area contributed by atoms with Crippen LogP contribution in [0.5, 0.6) is 51.7 Å². The van der Waals surface area contributed by atoms with Crippen LogP contribution in [0.3, 0.4) is 0 Å². The highest BCUT2D eigenvalue weighted by Gasteiger charge is 2.34. The number of phosphoric ester groups is 1. The predicted molar refractivity (Wildman–Crippen MR) is 168 cm³/mol. The minimum Gasteiger partial charge on any atom is -0.457 e. The quantitative estimate of drug-likeness (QED) is 0.129. The second-order valence-electron chi connectivity index (χ2n) is 9.39. The minimum absolute atomic E-state index is 0.218. The van der Waals surface area contributed by atoms with Crippen LogP contribution in [0.1, 0.15) is 0 Å². The van der Waals surface area contributed by atoms with Crippen molar-refractivity contribution in [2.45, 2.75) is 0 Å². The van der Waals surface area contributed by atoms with Gasteiger partial charge in [0.2, 0.25) is 0 Å². The standard InChI is InChI=1S/C36H27O7P/c37-44(41-34-22-10-19-31(25-34)38-28-13-4-1-5-14-28,42-35-23-11-20-32(26-35)39-29-15-6-2-7-16-29)43-36-24-12-21-33(27-36)40-30-17-8-3-9-18-30/h1-27H. The second kappa shape index (κ2) is 13.6. The topological polar surface area (TPSA) is 72.5 Å². The van der Waals surface area contributed by atoms with Gasteiger partial charge in [0, 0.05) is 18.2 Å². The third-order valence-corrected chi connectivity index (χ3v) is 7.31. The van der Waals surface area contributed by atoms with Crippen LogP contribution in [0.2, 0.25) is 0 Å². The fraction of sp³-hybridized carbons (Fsp3) is 0. The smallest absolute Gasteiger partial charge is 0.457 e. The Bertz CT molecular complexity index is 1630. The molecule has 0 fully saturated rings. The third kappa shape index (κ3) is 8.00. The lowest BCUT2D eigenvalue weighted by Gasteiger charge is -2.20. The van der Waals surface area contributed by atoms with Gasteiger partial charge in [-0.3, -0.25) is 0 Å². The van der Waals surface area contributed by atoms with Crippen LogP contribution in [-0.4, -0.2) is 0 Å². The summed E-state index contributed by atoms with van der Waals surface area (Å²) in [6, 6.07) is 48.1. The van der Waals surface area contributed by atoms with Crippen LogP contribution in [0.15, 0.2) is 164 Å². The van der Waals surface area contributed by atoms with Crippen molar-refractivity contribution in [3.8, 4) is 51.7 Å². The van der Waals surface area contributed by atoms with E-state index < -0.39 is 7.82 Å². The summed E-state index contributed by atoms with van der Waals surface area (Å²) in [6.45, 7) is 0. The fourth-order valence-electron chi connectivity index (χ4n) is 4.10. The molecule has 0 saturated heterocycles. The second-order valence-corrected chi connectivity index (χ2v) is 10.8. The molecular weight excluding hydrogens is 575 g/mol. The molecule has 6 aromatic rings. The van der Waals surface area contributed by atoms with E-state index in [2.05, 4.69) is 0 Å². The Kier molecular flexibility index (Phi) is 8.77. The lowest BCUT2D eigenvalue weighted by Crippen LogP contribution is -2.07. The summed E-state index contributed by atoms with van der Waals surface area (Å²) in [5.41, 5.74) is 0. The number of hydrogen-bond acceptors (Lipinski definition) is 7. The van der Waals surface area contributed by atoms with E-state index in [9.17, 15) is 4.57 Å². The molecule has 0 atom stereocenters. The van der Waals surface area contributed by atoms with Crippen molar-refractivity contribution in [2.24, 2.45) is 0 Å². The monoisotopic (exact) mass is 602 g/mol. The van der Waals surface area contributed by atoms with Gasteiger partial charge in [-0.05, 0) is 72.8 Å². The first-order valence-corrected chi connectivity index (χ1v) is 15.2. The highest BCUT2D eigenvalue weighted by molar-refractivity contribution is 7.49. The lowest BCUT2D eigenvalue weighted by molar-refractivity contribution is 0.297. The van der Waals surface area contributed by atoms with Crippen LogP contribution >= 0.6 is 7.82 Å². The van der Waals surface area contributed by atoms with Crippen LogP contribution < -0.4 is 27.8 Å². The van der Waals surface area contributed by atoms with E-state index in [1.165, 1.54) is 0 Å². The van der Waals surface area contributed by atoms with Crippen molar-refractivity contribution in [3.63, 3.8) is 0 Å². The Labute approximate surface area is 255 Å². The van der Waals surface area contributed by atoms with E-state index in [1.807, 2.05) is 91.0 Å². The Morgan fingerprint density at radius 3 is 0.841 bits per heavy atom. The third-order valence-electron chi connectivity index (χ3n) is 6.00. The van der Waals surface area contributed by atoms with Gasteiger partial charge in [0.1, 0.15) is 51.7 Å². The minimum atomic E-state index is -4.36. The van der Waals surface area contributed by atoms with Gasteiger partial charge in [0.25, 0.3) is 0 Å². The van der Waals surface area contributed by atoms with Gasteiger partial charge < -0.3 is 27.8 Å². The van der Waals surface area contributed by atoms with Crippen molar-refractivity contribution in [1.29, 1.82) is 0 Å². The number of phosphoric acid groups is 1. The molecule has 8 heteroatoms. The molecule has 0 unspecified atom stereocenters. The molecule has 0 radical (unpaired) electrons. The SMILES string of the molecule is O=P(Oc1cccc(Oc2ccccc2)c1)(Oc1cccc(Oc2ccccc2)c1)Oc1cccc(Oc2ccccc2)c1. The average molecular weight is 603 g/mol. The molecule has 0 aliphatic rings. The van der Waals surface area contributed by atoms with E-state index in [0.717, 1.165) is 0 Å². The van der Waals surface area contributed by atoms with Gasteiger partial charge in [-0.15, -0.1) is 0 Å². The van der Waals surface area contributed by atoms with Crippen LogP contribution in [0.25, 0.3) is 0 Å². The first-order chi connectivity index (χ1) is 21.6. The molecule has 0 aliphatic heterocycles. The Balaban J connectivity index is 1.27. The van der Waals surface area contributed by atoms with Crippen molar-refractivity contribution in [3.05, 3.63) is 164 Å². The molecule has 0 aromatic heterocycles. The van der Waals surface area contributed by atoms with Crippen LogP contribution in [0, 0.1) is 0 Å². The zero-order valence-electron chi connectivity index (χ0n) is 23.4. The van der Waals surface area contributed by atoms with Crippen molar-refractivity contribution < 1.29 is 32.3 Å². The largest absolute Gasteiger partial charge is 0.647 e. The normalized spacial score (nSPS) is 10.8. The first-order valence-electron chi connectivity index (χ1n) is 13.8. The number of ether oxygens (including phenoxy) is 3. The highest BCUT2D eigenvalue weighted by atomic mass is 31.2. The van der Waals surface area contributed by atoms with E-state index in [0.29, 0.717) is 34.5 Å². The number of benzene rings is 6. The Morgan fingerprint density at radius 2 is 0.545 bits per heavy atom. The number of rotatable bonds is 12. The Hall–Kier alpha value is -5.65. The summed E-state index contributed by atoms with van der Waals surface area (Å²) in [4.78, 5) is 0. The summed E-state index contributed by atoms with van der Waals surface area (Å²) < 4.78 is 50.0. The van der Waals surface area contributed by atoms with Gasteiger partial charge in [-0.2, -0.15) is 4.57 Å². The summed E-state index contributed by atoms with van der Waals surface area (Å²) in [5.74, 6) is 4.04. The zero-order chi connectivity index (χ0) is 30.0. The summed E-state index contributed by atoms with van der Waals surface area (Å²) in [5, 5.41) is 0. The molecule has 0 saturated carbocycles.